The van der Waals surface area contributed by atoms with Gasteiger partial charge in [0, 0.05) is 30.0 Å². The van der Waals surface area contributed by atoms with Crippen LogP contribution in [0.4, 0.5) is 5.69 Å². The number of aliphatic imine (C=N–C) groups is 1. The molecule has 0 saturated carbocycles. The molecule has 1 aromatic rings. The van der Waals surface area contributed by atoms with E-state index < -0.39 is 34.7 Å². The van der Waals surface area contributed by atoms with Gasteiger partial charge in [-0.15, -0.1) is 11.8 Å². The van der Waals surface area contributed by atoms with Crippen LogP contribution in [0.5, 0.6) is 0 Å². The van der Waals surface area contributed by atoms with Crippen molar-refractivity contribution in [3.63, 3.8) is 0 Å². The van der Waals surface area contributed by atoms with Gasteiger partial charge < -0.3 is 14.2 Å². The average Bonchev–Trinajstić information content (AvgIpc) is 2.79. The number of nitrogens with zero attached hydrogens (tertiary/aromatic N) is 2. The first-order valence-corrected chi connectivity index (χ1v) is 11.6. The standard InChI is InChI=1S/C22H26N2O8S/c1-4-30-18(25)13-33-12-17-20(22(27)32-6-3)19(16(11-23-17)21(26)31-5-2)14-8-7-9-15(10-14)24(28)29/h7-11,16,19H,4-6,12-13H2,1-3H3. The summed E-state index contributed by atoms with van der Waals surface area (Å²) in [6.07, 6.45) is 1.38. The Bertz CT molecular complexity index is 959. The van der Waals surface area contributed by atoms with Crippen molar-refractivity contribution in [2.75, 3.05) is 31.3 Å². The molecule has 2 atom stereocenters. The van der Waals surface area contributed by atoms with Gasteiger partial charge in [-0.3, -0.25) is 24.7 Å². The van der Waals surface area contributed by atoms with E-state index in [2.05, 4.69) is 4.99 Å². The summed E-state index contributed by atoms with van der Waals surface area (Å²) in [4.78, 5) is 52.5. The number of thioether (sulfide) groups is 1. The van der Waals surface area contributed by atoms with Gasteiger partial charge in [0.15, 0.2) is 0 Å². The fourth-order valence-corrected chi connectivity index (χ4v) is 4.10. The van der Waals surface area contributed by atoms with Gasteiger partial charge in [-0.05, 0) is 26.3 Å². The van der Waals surface area contributed by atoms with E-state index in [9.17, 15) is 24.5 Å². The summed E-state index contributed by atoms with van der Waals surface area (Å²) in [5, 5.41) is 11.3. The molecular formula is C22H26N2O8S. The Labute approximate surface area is 195 Å². The van der Waals surface area contributed by atoms with Crippen LogP contribution in [0.3, 0.4) is 0 Å². The maximum atomic E-state index is 13.0. The van der Waals surface area contributed by atoms with Gasteiger partial charge in [-0.1, -0.05) is 12.1 Å². The number of nitro groups is 1. The number of nitro benzene ring substituents is 1. The molecule has 33 heavy (non-hydrogen) atoms. The van der Waals surface area contributed by atoms with E-state index in [-0.39, 0.29) is 42.6 Å². The summed E-state index contributed by atoms with van der Waals surface area (Å²) in [7, 11) is 0. The number of esters is 3. The zero-order valence-corrected chi connectivity index (χ0v) is 19.5. The summed E-state index contributed by atoms with van der Waals surface area (Å²) in [6, 6.07) is 5.73. The van der Waals surface area contributed by atoms with Crippen LogP contribution < -0.4 is 0 Å². The van der Waals surface area contributed by atoms with E-state index in [1.807, 2.05) is 0 Å². The normalized spacial score (nSPS) is 17.4. The lowest BCUT2D eigenvalue weighted by molar-refractivity contribution is -0.384. The van der Waals surface area contributed by atoms with E-state index in [1.165, 1.54) is 36.2 Å². The molecule has 11 heteroatoms. The molecule has 0 N–H and O–H groups in total. The molecule has 1 aromatic carbocycles. The minimum Gasteiger partial charge on any atom is -0.465 e. The van der Waals surface area contributed by atoms with Crippen LogP contribution in [0.15, 0.2) is 40.5 Å². The molecule has 178 valence electrons. The third kappa shape index (κ3) is 6.88. The van der Waals surface area contributed by atoms with E-state index >= 15 is 0 Å². The summed E-state index contributed by atoms with van der Waals surface area (Å²) >= 11 is 1.19. The van der Waals surface area contributed by atoms with Crippen molar-refractivity contribution in [2.24, 2.45) is 10.9 Å². The molecule has 10 nitrogen and oxygen atoms in total. The van der Waals surface area contributed by atoms with Crippen molar-refractivity contribution < 1.29 is 33.5 Å². The van der Waals surface area contributed by atoms with Crippen molar-refractivity contribution in [3.05, 3.63) is 51.2 Å². The average molecular weight is 479 g/mol. The summed E-state index contributed by atoms with van der Waals surface area (Å²) in [6.45, 7) is 5.45. The third-order valence-corrected chi connectivity index (χ3v) is 5.55. The van der Waals surface area contributed by atoms with Gasteiger partial charge in [0.05, 0.1) is 41.8 Å². The molecule has 0 bridgehead atoms. The van der Waals surface area contributed by atoms with Crippen molar-refractivity contribution in [1.82, 2.24) is 0 Å². The van der Waals surface area contributed by atoms with Crippen LogP contribution >= 0.6 is 11.8 Å². The highest BCUT2D eigenvalue weighted by atomic mass is 32.2. The lowest BCUT2D eigenvalue weighted by atomic mass is 9.78. The van der Waals surface area contributed by atoms with Crippen molar-refractivity contribution in [2.45, 2.75) is 26.7 Å². The second kappa shape index (κ2) is 12.7. The fraction of sp³-hybridized carbons (Fsp3) is 0.455. The maximum Gasteiger partial charge on any atom is 0.336 e. The number of ether oxygens (including phenoxy) is 3. The first-order valence-electron chi connectivity index (χ1n) is 10.4. The Balaban J connectivity index is 2.54. The number of rotatable bonds is 11. The minimum absolute atomic E-state index is 0.0474. The Hall–Kier alpha value is -3.21. The molecule has 0 fully saturated rings. The van der Waals surface area contributed by atoms with Gasteiger partial charge in [-0.25, -0.2) is 4.79 Å². The Morgan fingerprint density at radius 3 is 2.42 bits per heavy atom. The highest BCUT2D eigenvalue weighted by Crippen LogP contribution is 2.40. The predicted octanol–water partition coefficient (Wildman–Crippen LogP) is 3.06. The largest absolute Gasteiger partial charge is 0.465 e. The Morgan fingerprint density at radius 2 is 1.79 bits per heavy atom. The van der Waals surface area contributed by atoms with E-state index in [4.69, 9.17) is 14.2 Å². The number of carbonyl (C=O) groups excluding carboxylic acids is 3. The molecule has 0 spiro atoms. The highest BCUT2D eigenvalue weighted by Gasteiger charge is 2.40. The van der Waals surface area contributed by atoms with Crippen LogP contribution in [-0.2, 0) is 28.6 Å². The van der Waals surface area contributed by atoms with E-state index in [1.54, 1.807) is 26.8 Å². The SMILES string of the molecule is CCOC(=O)CSCC1=C(C(=O)OCC)C(c2cccc([N+](=O)[O-])c2)C(C(=O)OCC)C=N1. The molecule has 2 unspecified atom stereocenters. The number of non-ortho nitro benzene ring substituents is 1. The summed E-state index contributed by atoms with van der Waals surface area (Å²) in [5.74, 6) is -3.37. The lowest BCUT2D eigenvalue weighted by Gasteiger charge is -2.29. The second-order valence-corrected chi connectivity index (χ2v) is 7.75. The first-order chi connectivity index (χ1) is 15.8. The van der Waals surface area contributed by atoms with Crippen LogP contribution in [0.2, 0.25) is 0 Å². The lowest BCUT2D eigenvalue weighted by Crippen LogP contribution is -2.33. The zero-order valence-electron chi connectivity index (χ0n) is 18.6. The van der Waals surface area contributed by atoms with Crippen LogP contribution in [0.25, 0.3) is 0 Å². The first kappa shape index (κ1) is 26.0. The topological polar surface area (TPSA) is 134 Å². The minimum atomic E-state index is -0.981. The van der Waals surface area contributed by atoms with Crippen molar-refractivity contribution >= 4 is 41.6 Å². The fourth-order valence-electron chi connectivity index (χ4n) is 3.33. The molecule has 0 amide bonds. The second-order valence-electron chi connectivity index (χ2n) is 6.76. The van der Waals surface area contributed by atoms with Crippen molar-refractivity contribution in [1.29, 1.82) is 0 Å². The molecule has 0 radical (unpaired) electrons. The van der Waals surface area contributed by atoms with Crippen LogP contribution in [0.1, 0.15) is 32.3 Å². The molecule has 0 aliphatic carbocycles. The van der Waals surface area contributed by atoms with Gasteiger partial charge in [0.25, 0.3) is 5.69 Å². The van der Waals surface area contributed by atoms with Gasteiger partial charge in [0.2, 0.25) is 0 Å². The maximum absolute atomic E-state index is 13.0. The molecule has 2 rings (SSSR count). The van der Waals surface area contributed by atoms with E-state index in [0.717, 1.165) is 0 Å². The van der Waals surface area contributed by atoms with Crippen molar-refractivity contribution in [3.8, 4) is 0 Å². The Kier molecular flexibility index (Phi) is 10.0. The predicted molar refractivity (Wildman–Crippen MR) is 122 cm³/mol. The van der Waals surface area contributed by atoms with E-state index in [0.29, 0.717) is 11.3 Å². The molecule has 1 heterocycles. The van der Waals surface area contributed by atoms with Crippen LogP contribution in [-0.4, -0.2) is 60.4 Å². The number of benzene rings is 1. The van der Waals surface area contributed by atoms with Gasteiger partial charge >= 0.3 is 17.9 Å². The summed E-state index contributed by atoms with van der Waals surface area (Å²) < 4.78 is 15.3. The number of hydrogen-bond acceptors (Lipinski definition) is 10. The highest BCUT2D eigenvalue weighted by molar-refractivity contribution is 8.00. The molecule has 1 aliphatic rings. The zero-order chi connectivity index (χ0) is 24.4. The third-order valence-electron chi connectivity index (χ3n) is 4.63. The van der Waals surface area contributed by atoms with Crippen LogP contribution in [0, 0.1) is 16.0 Å². The molecule has 0 saturated heterocycles. The number of carbonyl (C=O) groups is 3. The van der Waals surface area contributed by atoms with Gasteiger partial charge in [-0.2, -0.15) is 0 Å². The summed E-state index contributed by atoms with van der Waals surface area (Å²) in [5.41, 5.74) is 0.623. The monoisotopic (exact) mass is 478 g/mol. The molecule has 1 aliphatic heterocycles. The number of hydrogen-bond donors (Lipinski definition) is 0. The van der Waals surface area contributed by atoms with Gasteiger partial charge in [0.1, 0.15) is 5.92 Å². The molecular weight excluding hydrogens is 452 g/mol. The smallest absolute Gasteiger partial charge is 0.336 e. The Morgan fingerprint density at radius 1 is 1.09 bits per heavy atom. The molecule has 0 aromatic heterocycles. The quantitative estimate of drug-likeness (QED) is 0.203.